The van der Waals surface area contributed by atoms with Gasteiger partial charge in [-0.05, 0) is 42.8 Å². The van der Waals surface area contributed by atoms with Crippen molar-refractivity contribution in [3.05, 3.63) is 54.0 Å². The van der Waals surface area contributed by atoms with Gasteiger partial charge in [0.25, 0.3) is 5.91 Å². The fourth-order valence-electron chi connectivity index (χ4n) is 3.94. The third kappa shape index (κ3) is 2.42. The van der Waals surface area contributed by atoms with Crippen LogP contribution in [0.5, 0.6) is 5.75 Å². The number of methoxy groups -OCH3 is 1. The molecule has 3 aromatic rings. The van der Waals surface area contributed by atoms with Crippen LogP contribution in [-0.2, 0) is 13.6 Å². The molecule has 0 saturated carbocycles. The van der Waals surface area contributed by atoms with Crippen molar-refractivity contribution in [1.82, 2.24) is 14.0 Å². The van der Waals surface area contributed by atoms with E-state index in [1.54, 1.807) is 7.11 Å². The van der Waals surface area contributed by atoms with Gasteiger partial charge in [-0.15, -0.1) is 0 Å². The monoisotopic (exact) mass is 337 g/mol. The number of hydrogen-bond donors (Lipinski definition) is 0. The molecule has 0 bridgehead atoms. The van der Waals surface area contributed by atoms with Crippen molar-refractivity contribution in [2.45, 2.75) is 25.9 Å². The Morgan fingerprint density at radius 1 is 1.24 bits per heavy atom. The van der Waals surface area contributed by atoms with Gasteiger partial charge in [0, 0.05) is 42.9 Å². The Hall–Kier alpha value is -2.69. The first-order valence-electron chi connectivity index (χ1n) is 8.73. The molecule has 0 unspecified atom stereocenters. The summed E-state index contributed by atoms with van der Waals surface area (Å²) >= 11 is 0. The minimum atomic E-state index is 0.0944. The predicted octanol–water partition coefficient (Wildman–Crippen LogP) is 3.60. The van der Waals surface area contributed by atoms with E-state index in [4.69, 9.17) is 4.74 Å². The lowest BCUT2D eigenvalue weighted by atomic mass is 10.1. The number of nitrogens with zero attached hydrogens (tertiary/aromatic N) is 3. The van der Waals surface area contributed by atoms with Crippen molar-refractivity contribution in [1.29, 1.82) is 0 Å². The SMILES string of the molecule is CC[C@H]1c2cccn2CCN1C(=O)c1cc2cc(OC)ccc2n1C. The number of carbonyl (C=O) groups is 1. The summed E-state index contributed by atoms with van der Waals surface area (Å²) in [5.74, 6) is 0.899. The standard InChI is InChI=1S/C20H23N3O2/c1-4-16-18-6-5-9-22(18)10-11-23(16)20(24)19-13-14-12-15(25-3)7-8-17(14)21(19)2/h5-9,12-13,16H,4,10-11H2,1-3H3/t16-/m0/s1. The number of ether oxygens (including phenoxy) is 1. The van der Waals surface area contributed by atoms with E-state index in [0.29, 0.717) is 0 Å². The third-order valence-corrected chi connectivity index (χ3v) is 5.28. The van der Waals surface area contributed by atoms with Gasteiger partial charge in [-0.2, -0.15) is 0 Å². The summed E-state index contributed by atoms with van der Waals surface area (Å²) in [6.45, 7) is 3.73. The predicted molar refractivity (Wildman–Crippen MR) is 98.0 cm³/mol. The molecule has 130 valence electrons. The van der Waals surface area contributed by atoms with Gasteiger partial charge in [0.1, 0.15) is 11.4 Å². The molecule has 2 aromatic heterocycles. The molecule has 25 heavy (non-hydrogen) atoms. The van der Waals surface area contributed by atoms with E-state index in [1.807, 2.05) is 40.8 Å². The Morgan fingerprint density at radius 2 is 2.08 bits per heavy atom. The summed E-state index contributed by atoms with van der Waals surface area (Å²) in [6, 6.07) is 12.2. The second-order valence-electron chi connectivity index (χ2n) is 6.56. The van der Waals surface area contributed by atoms with E-state index in [0.717, 1.165) is 41.9 Å². The third-order valence-electron chi connectivity index (χ3n) is 5.28. The maximum Gasteiger partial charge on any atom is 0.271 e. The molecule has 1 atom stereocenters. The smallest absolute Gasteiger partial charge is 0.271 e. The number of amides is 1. The van der Waals surface area contributed by atoms with Crippen molar-refractivity contribution in [3.63, 3.8) is 0 Å². The average molecular weight is 337 g/mol. The molecule has 0 N–H and O–H groups in total. The highest BCUT2D eigenvalue weighted by atomic mass is 16.5. The Labute approximate surface area is 147 Å². The molecule has 0 radical (unpaired) electrons. The zero-order valence-electron chi connectivity index (χ0n) is 14.9. The number of benzene rings is 1. The van der Waals surface area contributed by atoms with E-state index >= 15 is 0 Å². The molecule has 1 aliphatic rings. The Morgan fingerprint density at radius 3 is 2.84 bits per heavy atom. The molecular weight excluding hydrogens is 314 g/mol. The second-order valence-corrected chi connectivity index (χ2v) is 6.56. The lowest BCUT2D eigenvalue weighted by molar-refractivity contribution is 0.0608. The average Bonchev–Trinajstić information content (AvgIpc) is 3.24. The molecule has 5 heteroatoms. The van der Waals surface area contributed by atoms with Crippen LogP contribution in [0.25, 0.3) is 10.9 Å². The van der Waals surface area contributed by atoms with Gasteiger partial charge in [0.2, 0.25) is 0 Å². The largest absolute Gasteiger partial charge is 0.497 e. The number of carbonyl (C=O) groups excluding carboxylic acids is 1. The van der Waals surface area contributed by atoms with Crippen molar-refractivity contribution in [2.75, 3.05) is 13.7 Å². The van der Waals surface area contributed by atoms with Gasteiger partial charge in [0.15, 0.2) is 0 Å². The van der Waals surface area contributed by atoms with Gasteiger partial charge >= 0.3 is 0 Å². The van der Waals surface area contributed by atoms with Crippen LogP contribution in [-0.4, -0.2) is 33.6 Å². The van der Waals surface area contributed by atoms with Crippen LogP contribution < -0.4 is 4.74 Å². The van der Waals surface area contributed by atoms with Crippen molar-refractivity contribution >= 4 is 16.8 Å². The number of aryl methyl sites for hydroxylation is 1. The Bertz CT molecular complexity index is 938. The highest BCUT2D eigenvalue weighted by Gasteiger charge is 2.31. The summed E-state index contributed by atoms with van der Waals surface area (Å²) < 4.78 is 9.54. The molecule has 0 spiro atoms. The van der Waals surface area contributed by atoms with E-state index in [9.17, 15) is 4.79 Å². The molecule has 1 amide bonds. The van der Waals surface area contributed by atoms with Crippen LogP contribution in [0.4, 0.5) is 0 Å². The van der Waals surface area contributed by atoms with Gasteiger partial charge in [0.05, 0.1) is 13.2 Å². The van der Waals surface area contributed by atoms with Gasteiger partial charge < -0.3 is 18.8 Å². The normalized spacial score (nSPS) is 16.9. The first kappa shape index (κ1) is 15.8. The first-order chi connectivity index (χ1) is 12.1. The molecule has 3 heterocycles. The summed E-state index contributed by atoms with van der Waals surface area (Å²) in [4.78, 5) is 15.3. The van der Waals surface area contributed by atoms with Gasteiger partial charge in [-0.1, -0.05) is 6.92 Å². The number of hydrogen-bond acceptors (Lipinski definition) is 2. The van der Waals surface area contributed by atoms with E-state index in [-0.39, 0.29) is 11.9 Å². The van der Waals surface area contributed by atoms with Gasteiger partial charge in [-0.3, -0.25) is 4.79 Å². The van der Waals surface area contributed by atoms with E-state index in [1.165, 1.54) is 5.69 Å². The molecular formula is C20H23N3O2. The highest BCUT2D eigenvalue weighted by Crippen LogP contribution is 2.31. The number of fused-ring (bicyclic) bond motifs is 2. The summed E-state index contributed by atoms with van der Waals surface area (Å²) in [6.07, 6.45) is 3.01. The Balaban J connectivity index is 1.73. The molecule has 4 rings (SSSR count). The van der Waals surface area contributed by atoms with Gasteiger partial charge in [-0.25, -0.2) is 0 Å². The molecule has 0 saturated heterocycles. The van der Waals surface area contributed by atoms with Crippen LogP contribution in [0.3, 0.4) is 0 Å². The summed E-state index contributed by atoms with van der Waals surface area (Å²) in [5, 5.41) is 1.03. The fraction of sp³-hybridized carbons (Fsp3) is 0.350. The van der Waals surface area contributed by atoms with E-state index in [2.05, 4.69) is 29.8 Å². The highest BCUT2D eigenvalue weighted by molar-refractivity contribution is 5.99. The number of aromatic nitrogens is 2. The molecule has 0 fully saturated rings. The van der Waals surface area contributed by atoms with Crippen LogP contribution in [0.15, 0.2) is 42.6 Å². The summed E-state index contributed by atoms with van der Waals surface area (Å²) in [7, 11) is 3.61. The molecule has 1 aliphatic heterocycles. The topological polar surface area (TPSA) is 39.4 Å². The lowest BCUT2D eigenvalue weighted by Gasteiger charge is -2.36. The lowest BCUT2D eigenvalue weighted by Crippen LogP contribution is -2.42. The van der Waals surface area contributed by atoms with E-state index < -0.39 is 0 Å². The minimum Gasteiger partial charge on any atom is -0.497 e. The van der Waals surface area contributed by atoms with Crippen LogP contribution in [0.2, 0.25) is 0 Å². The van der Waals surface area contributed by atoms with Crippen molar-refractivity contribution < 1.29 is 9.53 Å². The van der Waals surface area contributed by atoms with Crippen LogP contribution in [0, 0.1) is 0 Å². The quantitative estimate of drug-likeness (QED) is 0.732. The second kappa shape index (κ2) is 5.99. The first-order valence-corrected chi connectivity index (χ1v) is 8.73. The zero-order chi connectivity index (χ0) is 17.6. The van der Waals surface area contributed by atoms with Crippen molar-refractivity contribution in [2.24, 2.45) is 7.05 Å². The molecule has 5 nitrogen and oxygen atoms in total. The maximum atomic E-state index is 13.3. The van der Waals surface area contributed by atoms with Crippen LogP contribution >= 0.6 is 0 Å². The fourth-order valence-corrected chi connectivity index (χ4v) is 3.94. The number of rotatable bonds is 3. The van der Waals surface area contributed by atoms with Crippen LogP contribution in [0.1, 0.15) is 35.6 Å². The Kier molecular flexibility index (Phi) is 3.79. The summed E-state index contributed by atoms with van der Waals surface area (Å²) in [5.41, 5.74) is 2.99. The maximum absolute atomic E-state index is 13.3. The molecule has 1 aromatic carbocycles. The molecule has 0 aliphatic carbocycles. The zero-order valence-corrected chi connectivity index (χ0v) is 14.9. The van der Waals surface area contributed by atoms with Crippen molar-refractivity contribution in [3.8, 4) is 5.75 Å². The minimum absolute atomic E-state index is 0.0944.